The molecule has 2 atom stereocenters. The van der Waals surface area contributed by atoms with Crippen LogP contribution in [0.1, 0.15) is 105 Å². The van der Waals surface area contributed by atoms with Crippen molar-refractivity contribution >= 4 is 41.0 Å². The molecule has 1 fully saturated rings. The first kappa shape index (κ1) is 34.4. The van der Waals surface area contributed by atoms with Gasteiger partial charge in [0.2, 0.25) is 17.1 Å². The molecule has 0 amide bonds. The second-order valence-electron chi connectivity index (χ2n) is 17.9. The molecule has 4 nitrogen and oxygen atoms in total. The fourth-order valence-electron chi connectivity index (χ4n) is 10.1. The lowest BCUT2D eigenvalue weighted by Gasteiger charge is -2.34. The number of pyridine rings is 3. The Morgan fingerprint density at radius 3 is 2.47 bits per heavy atom. The van der Waals surface area contributed by atoms with Crippen molar-refractivity contribution in [2.45, 2.75) is 116 Å². The van der Waals surface area contributed by atoms with Crippen LogP contribution in [0.2, 0.25) is 19.6 Å². The van der Waals surface area contributed by atoms with Gasteiger partial charge in [0, 0.05) is 51.3 Å². The molecule has 9 rings (SSSR count). The average Bonchev–Trinajstić information content (AvgIpc) is 3.49. The number of furan rings is 1. The molecule has 0 saturated heterocycles. The molecular formula is C48H55N3OSi+2. The van der Waals surface area contributed by atoms with Crippen molar-refractivity contribution in [3.63, 3.8) is 0 Å². The van der Waals surface area contributed by atoms with E-state index in [1.807, 2.05) is 6.92 Å². The van der Waals surface area contributed by atoms with E-state index in [4.69, 9.17) is 16.0 Å². The lowest BCUT2D eigenvalue weighted by molar-refractivity contribution is -0.719. The summed E-state index contributed by atoms with van der Waals surface area (Å²) in [5.74, 6) is 1.60. The summed E-state index contributed by atoms with van der Waals surface area (Å²) < 4.78 is 11.6. The Bertz CT molecular complexity index is 2410. The van der Waals surface area contributed by atoms with Gasteiger partial charge in [-0.3, -0.25) is 0 Å². The van der Waals surface area contributed by atoms with Crippen molar-refractivity contribution in [2.75, 3.05) is 0 Å². The Hall–Kier alpha value is -4.35. The first-order valence-electron chi connectivity index (χ1n) is 20.3. The number of aromatic nitrogens is 3. The summed E-state index contributed by atoms with van der Waals surface area (Å²) in [6.07, 6.45) is 15.6. The van der Waals surface area contributed by atoms with Crippen LogP contribution < -0.4 is 14.3 Å². The maximum Gasteiger partial charge on any atom is 0.227 e. The van der Waals surface area contributed by atoms with Gasteiger partial charge in [-0.2, -0.15) is 9.13 Å². The number of rotatable bonds is 4. The number of hydrogen-bond acceptors (Lipinski definition) is 2. The van der Waals surface area contributed by atoms with Gasteiger partial charge in [-0.15, -0.1) is 0 Å². The van der Waals surface area contributed by atoms with Gasteiger partial charge in [-0.25, -0.2) is 4.98 Å². The normalized spacial score (nSPS) is 19.1. The van der Waals surface area contributed by atoms with E-state index in [-0.39, 0.29) is 6.04 Å². The SMILES string of the molecule is C=C1CC2C(CCc3cc4oc5nc(C)ccc5c4cc3-c3cc(CC(C)C)cc[n+]31)c1ccccc1-c1cc(C3CCCCC3)c([Si](C)(C)C)c[n+]12. The first-order valence-corrected chi connectivity index (χ1v) is 23.8. The van der Waals surface area contributed by atoms with Crippen molar-refractivity contribution in [1.82, 2.24) is 4.98 Å². The number of nitrogens with zero attached hydrogens (tertiary/aromatic N) is 3. The van der Waals surface area contributed by atoms with Gasteiger partial charge in [0.05, 0.1) is 20.1 Å². The number of allylic oxidation sites excluding steroid dienone is 1. The predicted octanol–water partition coefficient (Wildman–Crippen LogP) is 11.1. The van der Waals surface area contributed by atoms with E-state index in [9.17, 15) is 0 Å². The summed E-state index contributed by atoms with van der Waals surface area (Å²) in [5, 5.41) is 3.86. The standard InChI is InChI=1S/C48H55N3OSi/c1-30(2)23-33-21-22-50-32(4)24-43-38(20-18-35-26-46-42(27-40(35)44(50)25-33)39-19-17-31(3)49-48(39)52-46)36-15-11-12-16-37(36)45-28-41(34-13-9-8-10-14-34)47(29-51(43)45)53(5,6)7/h11-12,15-17,19,21-22,25-30,34,38,43H,4,8-10,13-14,18,20,23-24H2,1-3,5-7H3/q+2. The summed E-state index contributed by atoms with van der Waals surface area (Å²) in [5.41, 5.74) is 14.9. The topological polar surface area (TPSA) is 33.8 Å². The molecule has 2 unspecified atom stereocenters. The Kier molecular flexibility index (Phi) is 8.57. The first-order chi connectivity index (χ1) is 25.5. The molecule has 2 aromatic carbocycles. The molecular weight excluding hydrogens is 663 g/mol. The molecule has 1 saturated carbocycles. The van der Waals surface area contributed by atoms with Gasteiger partial charge in [0.25, 0.3) is 0 Å². The van der Waals surface area contributed by atoms with Gasteiger partial charge in [0.1, 0.15) is 5.58 Å². The van der Waals surface area contributed by atoms with Gasteiger partial charge in [0.15, 0.2) is 24.1 Å². The molecule has 6 aromatic rings. The molecule has 0 bridgehead atoms. The van der Waals surface area contributed by atoms with Crippen LogP contribution in [0.4, 0.5) is 0 Å². The molecule has 4 aromatic heterocycles. The molecule has 270 valence electrons. The minimum atomic E-state index is -1.66. The third-order valence-corrected chi connectivity index (χ3v) is 14.6. The molecule has 6 heterocycles. The highest BCUT2D eigenvalue weighted by atomic mass is 28.3. The van der Waals surface area contributed by atoms with Gasteiger partial charge >= 0.3 is 0 Å². The van der Waals surface area contributed by atoms with Crippen LogP contribution in [-0.2, 0) is 12.8 Å². The van der Waals surface area contributed by atoms with Crippen molar-refractivity contribution in [3.05, 3.63) is 114 Å². The molecule has 0 radical (unpaired) electrons. The van der Waals surface area contributed by atoms with Crippen molar-refractivity contribution < 1.29 is 13.6 Å². The minimum Gasteiger partial charge on any atom is -0.438 e. The number of hydrogen-bond donors (Lipinski definition) is 0. The van der Waals surface area contributed by atoms with Crippen LogP contribution in [0.15, 0.2) is 90.1 Å². The number of aryl methyl sites for hydroxylation is 2. The van der Waals surface area contributed by atoms with Crippen LogP contribution in [0, 0.1) is 12.8 Å². The smallest absolute Gasteiger partial charge is 0.227 e. The Labute approximate surface area is 316 Å². The van der Waals surface area contributed by atoms with E-state index >= 15 is 0 Å². The third-order valence-electron chi connectivity index (χ3n) is 12.6. The Morgan fingerprint density at radius 2 is 1.68 bits per heavy atom. The lowest BCUT2D eigenvalue weighted by Crippen LogP contribution is -2.55. The van der Waals surface area contributed by atoms with Crippen LogP contribution in [0.3, 0.4) is 0 Å². The van der Waals surface area contributed by atoms with Crippen molar-refractivity contribution in [1.29, 1.82) is 0 Å². The highest BCUT2D eigenvalue weighted by molar-refractivity contribution is 6.89. The van der Waals surface area contributed by atoms with Crippen LogP contribution in [0.5, 0.6) is 0 Å². The molecule has 3 aliphatic rings. The summed E-state index contributed by atoms with van der Waals surface area (Å²) in [6, 6.07) is 26.0. The van der Waals surface area contributed by atoms with Gasteiger partial charge in [-0.05, 0) is 110 Å². The van der Waals surface area contributed by atoms with Crippen LogP contribution in [-0.4, -0.2) is 13.1 Å². The molecule has 0 N–H and O–H groups in total. The van der Waals surface area contributed by atoms with E-state index in [0.29, 0.717) is 17.8 Å². The van der Waals surface area contributed by atoms with E-state index in [2.05, 4.69) is 122 Å². The van der Waals surface area contributed by atoms with E-state index in [1.165, 1.54) is 71.3 Å². The van der Waals surface area contributed by atoms with Crippen molar-refractivity contribution in [3.8, 4) is 22.5 Å². The van der Waals surface area contributed by atoms with Gasteiger partial charge < -0.3 is 4.42 Å². The van der Waals surface area contributed by atoms with Crippen LogP contribution in [0.25, 0.3) is 50.3 Å². The summed E-state index contributed by atoms with van der Waals surface area (Å²) >= 11 is 0. The molecule has 5 heteroatoms. The zero-order valence-electron chi connectivity index (χ0n) is 32.6. The Morgan fingerprint density at radius 1 is 0.868 bits per heavy atom. The maximum absolute atomic E-state index is 6.49. The highest BCUT2D eigenvalue weighted by Gasteiger charge is 2.44. The van der Waals surface area contributed by atoms with E-state index < -0.39 is 8.07 Å². The summed E-state index contributed by atoms with van der Waals surface area (Å²) in [4.78, 5) is 4.78. The largest absolute Gasteiger partial charge is 0.438 e. The molecule has 1 aliphatic carbocycles. The van der Waals surface area contributed by atoms with Gasteiger partial charge in [-0.1, -0.05) is 71.0 Å². The summed E-state index contributed by atoms with van der Waals surface area (Å²) in [7, 11) is -1.66. The van der Waals surface area contributed by atoms with Crippen molar-refractivity contribution in [2.24, 2.45) is 5.92 Å². The second-order valence-corrected chi connectivity index (χ2v) is 22.9. The minimum absolute atomic E-state index is 0.266. The van der Waals surface area contributed by atoms with E-state index in [0.717, 1.165) is 59.1 Å². The maximum atomic E-state index is 6.49. The average molecular weight is 718 g/mol. The van der Waals surface area contributed by atoms with Crippen LogP contribution >= 0.6 is 0 Å². The zero-order valence-corrected chi connectivity index (χ0v) is 33.6. The Balaban J connectivity index is 1.25. The fraction of sp³-hybridized carbons (Fsp3) is 0.396. The second kappa shape index (κ2) is 13.2. The zero-order chi connectivity index (χ0) is 36.6. The highest BCUT2D eigenvalue weighted by Crippen LogP contribution is 2.46. The monoisotopic (exact) mass is 717 g/mol. The third kappa shape index (κ3) is 6.09. The molecule has 53 heavy (non-hydrogen) atoms. The lowest BCUT2D eigenvalue weighted by atomic mass is 9.76. The quantitative estimate of drug-likeness (QED) is 0.134. The fourth-order valence-corrected chi connectivity index (χ4v) is 11.7. The molecule has 0 spiro atoms. The number of fused-ring (bicyclic) bond motifs is 12. The molecule has 2 aliphatic heterocycles. The van der Waals surface area contributed by atoms with E-state index in [1.54, 1.807) is 10.8 Å². The summed E-state index contributed by atoms with van der Waals surface area (Å²) in [6.45, 7) is 19.2. The number of benzene rings is 2. The predicted molar refractivity (Wildman–Crippen MR) is 221 cm³/mol.